The maximum atomic E-state index is 12.4. The van der Waals surface area contributed by atoms with E-state index in [1.165, 1.54) is 19.5 Å². The summed E-state index contributed by atoms with van der Waals surface area (Å²) in [7, 11) is 1.30. The van der Waals surface area contributed by atoms with Gasteiger partial charge in [0.2, 0.25) is 0 Å². The number of morpholine rings is 1. The summed E-state index contributed by atoms with van der Waals surface area (Å²) in [5, 5.41) is 3.75. The van der Waals surface area contributed by atoms with Gasteiger partial charge >= 0.3 is 5.97 Å². The molecule has 1 atom stereocenters. The Morgan fingerprint density at radius 3 is 2.92 bits per heavy atom. The molecular weight excluding hydrogens is 342 g/mol. The molecule has 0 N–H and O–H groups in total. The molecule has 0 aliphatic carbocycles. The van der Waals surface area contributed by atoms with E-state index in [9.17, 15) is 9.59 Å². The van der Waals surface area contributed by atoms with Crippen LogP contribution < -0.4 is 4.74 Å². The van der Waals surface area contributed by atoms with E-state index in [0.717, 1.165) is 0 Å². The van der Waals surface area contributed by atoms with Crippen molar-refractivity contribution in [2.45, 2.75) is 13.0 Å². The van der Waals surface area contributed by atoms with Crippen molar-refractivity contribution >= 4 is 11.9 Å². The van der Waals surface area contributed by atoms with Crippen LogP contribution in [0.5, 0.6) is 5.75 Å². The van der Waals surface area contributed by atoms with E-state index < -0.39 is 5.97 Å². The van der Waals surface area contributed by atoms with Gasteiger partial charge in [-0.05, 0) is 13.0 Å². The van der Waals surface area contributed by atoms with Crippen LogP contribution in [0.3, 0.4) is 0 Å². The van der Waals surface area contributed by atoms with Crippen molar-refractivity contribution < 1.29 is 28.3 Å². The highest BCUT2D eigenvalue weighted by molar-refractivity contribution is 5.92. The standard InChI is InChI=1S/C17H19N3O6/c1-11-5-15(19-26-11)16(21)20-3-4-24-14(9-20)10-25-13-6-12(7-18-8-13)17(22)23-2/h5-8,14H,3-4,9-10H2,1-2H3. The molecule has 1 unspecified atom stereocenters. The van der Waals surface area contributed by atoms with Crippen LogP contribution >= 0.6 is 0 Å². The molecule has 9 nitrogen and oxygen atoms in total. The summed E-state index contributed by atoms with van der Waals surface area (Å²) in [6.45, 7) is 3.19. The zero-order valence-corrected chi connectivity index (χ0v) is 14.5. The van der Waals surface area contributed by atoms with E-state index in [1.54, 1.807) is 24.0 Å². The van der Waals surface area contributed by atoms with Crippen LogP contribution in [0.15, 0.2) is 29.0 Å². The SMILES string of the molecule is COC(=O)c1cncc(OCC2CN(C(=O)c3cc(C)on3)CCO2)c1. The first-order valence-corrected chi connectivity index (χ1v) is 8.07. The highest BCUT2D eigenvalue weighted by atomic mass is 16.5. The number of nitrogens with zero attached hydrogens (tertiary/aromatic N) is 3. The molecule has 3 heterocycles. The minimum atomic E-state index is -0.489. The van der Waals surface area contributed by atoms with Crippen LogP contribution in [0, 0.1) is 6.92 Å². The van der Waals surface area contributed by atoms with Crippen molar-refractivity contribution in [2.75, 3.05) is 33.4 Å². The first kappa shape index (κ1) is 17.9. The Bertz CT molecular complexity index is 790. The van der Waals surface area contributed by atoms with Crippen LogP contribution in [0.4, 0.5) is 0 Å². The van der Waals surface area contributed by atoms with Gasteiger partial charge in [0.1, 0.15) is 24.2 Å². The van der Waals surface area contributed by atoms with E-state index in [1.807, 2.05) is 0 Å². The number of amides is 1. The van der Waals surface area contributed by atoms with Gasteiger partial charge in [0.15, 0.2) is 5.69 Å². The molecular formula is C17H19N3O6. The van der Waals surface area contributed by atoms with Gasteiger partial charge in [0, 0.05) is 18.8 Å². The number of carbonyl (C=O) groups excluding carboxylic acids is 2. The molecule has 0 spiro atoms. The Morgan fingerprint density at radius 1 is 1.35 bits per heavy atom. The van der Waals surface area contributed by atoms with Gasteiger partial charge in [-0.25, -0.2) is 4.79 Å². The number of pyridine rings is 1. The normalized spacial score (nSPS) is 17.0. The van der Waals surface area contributed by atoms with E-state index in [2.05, 4.69) is 14.9 Å². The predicted octanol–water partition coefficient (Wildman–Crippen LogP) is 1.08. The van der Waals surface area contributed by atoms with Crippen LogP contribution in [0.2, 0.25) is 0 Å². The fraction of sp³-hybridized carbons (Fsp3) is 0.412. The van der Waals surface area contributed by atoms with Gasteiger partial charge in [-0.2, -0.15) is 0 Å². The number of aryl methyl sites for hydroxylation is 1. The van der Waals surface area contributed by atoms with Crippen molar-refractivity contribution in [1.82, 2.24) is 15.0 Å². The summed E-state index contributed by atoms with van der Waals surface area (Å²) in [5.41, 5.74) is 0.576. The van der Waals surface area contributed by atoms with E-state index >= 15 is 0 Å². The van der Waals surface area contributed by atoms with E-state index in [4.69, 9.17) is 14.0 Å². The highest BCUT2D eigenvalue weighted by Crippen LogP contribution is 2.15. The van der Waals surface area contributed by atoms with Crippen molar-refractivity contribution in [3.63, 3.8) is 0 Å². The molecule has 0 radical (unpaired) electrons. The molecule has 0 aromatic carbocycles. The lowest BCUT2D eigenvalue weighted by Crippen LogP contribution is -2.47. The average molecular weight is 361 g/mol. The molecule has 26 heavy (non-hydrogen) atoms. The molecule has 1 aliphatic rings. The number of ether oxygens (including phenoxy) is 3. The molecule has 1 saturated heterocycles. The third kappa shape index (κ3) is 4.17. The molecule has 2 aromatic rings. The molecule has 138 valence electrons. The largest absolute Gasteiger partial charge is 0.489 e. The number of aromatic nitrogens is 2. The number of rotatable bonds is 5. The minimum absolute atomic E-state index is 0.204. The lowest BCUT2D eigenvalue weighted by Gasteiger charge is -2.32. The van der Waals surface area contributed by atoms with Crippen molar-refractivity contribution in [2.24, 2.45) is 0 Å². The second-order valence-corrected chi connectivity index (χ2v) is 5.78. The predicted molar refractivity (Wildman–Crippen MR) is 88.0 cm³/mol. The Hall–Kier alpha value is -2.94. The fourth-order valence-electron chi connectivity index (χ4n) is 2.55. The molecule has 2 aromatic heterocycles. The zero-order chi connectivity index (χ0) is 18.5. The molecule has 1 aliphatic heterocycles. The van der Waals surface area contributed by atoms with Gasteiger partial charge in [0.05, 0.1) is 32.0 Å². The van der Waals surface area contributed by atoms with Crippen LogP contribution in [-0.4, -0.2) is 66.4 Å². The molecule has 1 amide bonds. The highest BCUT2D eigenvalue weighted by Gasteiger charge is 2.27. The van der Waals surface area contributed by atoms with E-state index in [0.29, 0.717) is 36.8 Å². The fourth-order valence-corrected chi connectivity index (χ4v) is 2.55. The average Bonchev–Trinajstić information content (AvgIpc) is 3.12. The third-order valence-corrected chi connectivity index (χ3v) is 3.84. The Morgan fingerprint density at radius 2 is 2.19 bits per heavy atom. The van der Waals surface area contributed by atoms with Crippen LogP contribution in [0.25, 0.3) is 0 Å². The number of methoxy groups -OCH3 is 1. The summed E-state index contributed by atoms with van der Waals surface area (Å²) in [6, 6.07) is 3.15. The molecule has 0 bridgehead atoms. The van der Waals surface area contributed by atoms with Gasteiger partial charge in [-0.1, -0.05) is 5.16 Å². The molecule has 0 saturated carbocycles. The smallest absolute Gasteiger partial charge is 0.339 e. The van der Waals surface area contributed by atoms with Gasteiger partial charge < -0.3 is 23.6 Å². The topological polar surface area (TPSA) is 104 Å². The monoisotopic (exact) mass is 361 g/mol. The summed E-state index contributed by atoms with van der Waals surface area (Å²) >= 11 is 0. The van der Waals surface area contributed by atoms with Gasteiger partial charge in [-0.15, -0.1) is 0 Å². The maximum absolute atomic E-state index is 12.4. The summed E-state index contributed by atoms with van der Waals surface area (Å²) in [4.78, 5) is 29.6. The Labute approximate surface area is 149 Å². The van der Waals surface area contributed by atoms with Crippen molar-refractivity contribution in [3.05, 3.63) is 41.5 Å². The lowest BCUT2D eigenvalue weighted by atomic mass is 10.2. The zero-order valence-electron chi connectivity index (χ0n) is 14.5. The van der Waals surface area contributed by atoms with Gasteiger partial charge in [0.25, 0.3) is 5.91 Å². The minimum Gasteiger partial charge on any atom is -0.489 e. The molecule has 1 fully saturated rings. The molecule has 3 rings (SSSR count). The van der Waals surface area contributed by atoms with Crippen molar-refractivity contribution in [1.29, 1.82) is 0 Å². The number of esters is 1. The first-order valence-electron chi connectivity index (χ1n) is 8.07. The van der Waals surface area contributed by atoms with E-state index in [-0.39, 0.29) is 24.3 Å². The van der Waals surface area contributed by atoms with Crippen molar-refractivity contribution in [3.8, 4) is 5.75 Å². The second-order valence-electron chi connectivity index (χ2n) is 5.78. The first-order chi connectivity index (χ1) is 12.6. The Kier molecular flexibility index (Phi) is 5.47. The van der Waals surface area contributed by atoms with Gasteiger partial charge in [-0.3, -0.25) is 9.78 Å². The summed E-state index contributed by atoms with van der Waals surface area (Å²) in [5.74, 6) is 0.313. The summed E-state index contributed by atoms with van der Waals surface area (Å²) in [6.07, 6.45) is 2.59. The van der Waals surface area contributed by atoms with Crippen LogP contribution in [-0.2, 0) is 9.47 Å². The van der Waals surface area contributed by atoms with Crippen LogP contribution in [0.1, 0.15) is 26.6 Å². The second kappa shape index (κ2) is 7.96. The number of hydrogen-bond acceptors (Lipinski definition) is 8. The Balaban J connectivity index is 1.57. The molecule has 9 heteroatoms. The third-order valence-electron chi connectivity index (χ3n) is 3.84. The lowest BCUT2D eigenvalue weighted by molar-refractivity contribution is -0.0404. The number of hydrogen-bond donors (Lipinski definition) is 0. The quantitative estimate of drug-likeness (QED) is 0.729. The number of carbonyl (C=O) groups is 2. The maximum Gasteiger partial charge on any atom is 0.339 e. The summed E-state index contributed by atoms with van der Waals surface area (Å²) < 4.78 is 20.9.